The molecule has 0 bridgehead atoms. The summed E-state index contributed by atoms with van der Waals surface area (Å²) >= 11 is 0. The third-order valence-electron chi connectivity index (χ3n) is 3.81. The number of allylic oxidation sites excluding steroid dienone is 1. The molecule has 1 aromatic heterocycles. The molecule has 0 spiro atoms. The Bertz CT molecular complexity index is 1050. The van der Waals surface area contributed by atoms with Crippen LogP contribution in [0.3, 0.4) is 0 Å². The lowest BCUT2D eigenvalue weighted by molar-refractivity contribution is 0.414. The van der Waals surface area contributed by atoms with Gasteiger partial charge in [0.1, 0.15) is 35.0 Å². The van der Waals surface area contributed by atoms with Gasteiger partial charge < -0.3 is 10.5 Å². The number of hydrogen-bond acceptors (Lipinski definition) is 5. The van der Waals surface area contributed by atoms with E-state index in [-0.39, 0.29) is 22.6 Å². The van der Waals surface area contributed by atoms with Crippen LogP contribution in [0.15, 0.2) is 54.6 Å². The van der Waals surface area contributed by atoms with Crippen LogP contribution in [0.2, 0.25) is 0 Å². The number of methoxy groups -OCH3 is 1. The average Bonchev–Trinajstić information content (AvgIpc) is 3.03. The molecule has 0 radical (unpaired) electrons. The lowest BCUT2D eigenvalue weighted by Crippen LogP contribution is -2.02. The maximum atomic E-state index is 9.61. The van der Waals surface area contributed by atoms with Crippen molar-refractivity contribution in [1.82, 2.24) is 9.78 Å². The van der Waals surface area contributed by atoms with Crippen molar-refractivity contribution in [2.75, 3.05) is 12.8 Å². The van der Waals surface area contributed by atoms with Crippen LogP contribution in [0.4, 0.5) is 5.82 Å². The lowest BCUT2D eigenvalue weighted by atomic mass is 10.1. The van der Waals surface area contributed by atoms with Crippen LogP contribution < -0.4 is 10.5 Å². The van der Waals surface area contributed by atoms with Crippen molar-refractivity contribution in [3.63, 3.8) is 0 Å². The molecule has 126 valence electrons. The molecule has 2 N–H and O–H groups in total. The number of aromatic nitrogens is 2. The molecule has 0 aliphatic carbocycles. The fourth-order valence-corrected chi connectivity index (χ4v) is 2.55. The van der Waals surface area contributed by atoms with Crippen LogP contribution in [-0.2, 0) is 0 Å². The first-order valence-electron chi connectivity index (χ1n) is 7.78. The average molecular weight is 341 g/mol. The second kappa shape index (κ2) is 7.25. The number of ether oxygens (including phenoxy) is 1. The number of nitriles is 2. The molecular weight excluding hydrogens is 326 g/mol. The number of benzene rings is 2. The van der Waals surface area contributed by atoms with E-state index >= 15 is 0 Å². The van der Waals surface area contributed by atoms with Gasteiger partial charge in [0.05, 0.1) is 18.4 Å². The number of nitrogens with zero attached hydrogens (tertiary/aromatic N) is 4. The Labute approximate surface area is 151 Å². The molecule has 0 atom stereocenters. The van der Waals surface area contributed by atoms with Gasteiger partial charge in [0.2, 0.25) is 0 Å². The maximum absolute atomic E-state index is 9.61. The molecule has 0 unspecified atom stereocenters. The van der Waals surface area contributed by atoms with Crippen molar-refractivity contribution in [2.45, 2.75) is 0 Å². The molecule has 6 heteroatoms. The van der Waals surface area contributed by atoms with Crippen LogP contribution >= 0.6 is 0 Å². The van der Waals surface area contributed by atoms with Gasteiger partial charge in [0, 0.05) is 0 Å². The van der Waals surface area contributed by atoms with E-state index < -0.39 is 0 Å². The van der Waals surface area contributed by atoms with Gasteiger partial charge in [-0.2, -0.15) is 15.6 Å². The second-order valence-electron chi connectivity index (χ2n) is 5.41. The first-order valence-corrected chi connectivity index (χ1v) is 7.78. The highest BCUT2D eigenvalue weighted by molar-refractivity contribution is 5.91. The summed E-state index contributed by atoms with van der Waals surface area (Å²) in [6, 6.07) is 20.6. The third kappa shape index (κ3) is 3.12. The summed E-state index contributed by atoms with van der Waals surface area (Å²) in [6.07, 6.45) is 1.65. The molecule has 6 nitrogen and oxygen atoms in total. The number of rotatable bonds is 4. The molecule has 2 aromatic carbocycles. The minimum absolute atomic E-state index is 0.171. The zero-order chi connectivity index (χ0) is 18.5. The quantitative estimate of drug-likeness (QED) is 0.733. The van der Waals surface area contributed by atoms with Gasteiger partial charge in [-0.15, -0.1) is 0 Å². The summed E-state index contributed by atoms with van der Waals surface area (Å²) in [5.41, 5.74) is 8.24. The van der Waals surface area contributed by atoms with Crippen LogP contribution in [0.5, 0.6) is 5.75 Å². The Kier molecular flexibility index (Phi) is 4.69. The second-order valence-corrected chi connectivity index (χ2v) is 5.41. The van der Waals surface area contributed by atoms with E-state index in [1.54, 1.807) is 19.3 Å². The summed E-state index contributed by atoms with van der Waals surface area (Å²) in [6.45, 7) is 0. The number of nitrogens with two attached hydrogens (primary N) is 1. The van der Waals surface area contributed by atoms with E-state index in [1.165, 1.54) is 4.68 Å². The molecule has 0 aliphatic heterocycles. The van der Waals surface area contributed by atoms with Gasteiger partial charge in [-0.1, -0.05) is 30.3 Å². The summed E-state index contributed by atoms with van der Waals surface area (Å²) in [5, 5.41) is 23.5. The summed E-state index contributed by atoms with van der Waals surface area (Å²) in [7, 11) is 1.57. The Hall–Kier alpha value is -4.03. The smallest absolute Gasteiger partial charge is 0.145 e. The lowest BCUT2D eigenvalue weighted by Gasteiger charge is -2.02. The van der Waals surface area contributed by atoms with Crippen molar-refractivity contribution >= 4 is 17.5 Å². The molecule has 0 aliphatic rings. The predicted molar refractivity (Wildman–Crippen MR) is 99.2 cm³/mol. The Morgan fingerprint density at radius 1 is 1.15 bits per heavy atom. The SMILES string of the molecule is COc1cccc(C=C(C#N)c2nn(-c3ccccc3)c(N)c2C#N)c1. The Morgan fingerprint density at radius 3 is 2.58 bits per heavy atom. The fourth-order valence-electron chi connectivity index (χ4n) is 2.55. The molecule has 3 rings (SSSR count). The first kappa shape index (κ1) is 16.8. The zero-order valence-corrected chi connectivity index (χ0v) is 14.0. The third-order valence-corrected chi connectivity index (χ3v) is 3.81. The van der Waals surface area contributed by atoms with Crippen LogP contribution in [0.25, 0.3) is 17.3 Å². The van der Waals surface area contributed by atoms with Crippen LogP contribution in [0.1, 0.15) is 16.8 Å². The number of para-hydroxylation sites is 1. The van der Waals surface area contributed by atoms with E-state index in [1.807, 2.05) is 48.5 Å². The molecule has 0 fully saturated rings. The van der Waals surface area contributed by atoms with Gasteiger partial charge in [0.15, 0.2) is 0 Å². The van der Waals surface area contributed by atoms with Gasteiger partial charge in [-0.3, -0.25) is 0 Å². The molecule has 26 heavy (non-hydrogen) atoms. The van der Waals surface area contributed by atoms with Crippen molar-refractivity contribution in [1.29, 1.82) is 10.5 Å². The Balaban J connectivity index is 2.14. The minimum atomic E-state index is 0.171. The van der Waals surface area contributed by atoms with E-state index in [0.717, 1.165) is 5.56 Å². The summed E-state index contributed by atoms with van der Waals surface area (Å²) in [5.74, 6) is 0.867. The number of nitrogen functional groups attached to an aromatic ring is 1. The van der Waals surface area contributed by atoms with Crippen molar-refractivity contribution in [3.05, 3.63) is 71.4 Å². The summed E-state index contributed by atoms with van der Waals surface area (Å²) in [4.78, 5) is 0. The van der Waals surface area contributed by atoms with E-state index in [9.17, 15) is 10.5 Å². The normalized spacial score (nSPS) is 10.8. The summed E-state index contributed by atoms with van der Waals surface area (Å²) < 4.78 is 6.66. The molecule has 0 saturated carbocycles. The minimum Gasteiger partial charge on any atom is -0.497 e. The number of anilines is 1. The zero-order valence-electron chi connectivity index (χ0n) is 14.0. The van der Waals surface area contributed by atoms with Gasteiger partial charge in [0.25, 0.3) is 0 Å². The highest BCUT2D eigenvalue weighted by Gasteiger charge is 2.19. The highest BCUT2D eigenvalue weighted by atomic mass is 16.5. The molecule has 0 amide bonds. The van der Waals surface area contributed by atoms with Gasteiger partial charge >= 0.3 is 0 Å². The van der Waals surface area contributed by atoms with E-state index in [4.69, 9.17) is 10.5 Å². The van der Waals surface area contributed by atoms with Gasteiger partial charge in [-0.05, 0) is 35.9 Å². The van der Waals surface area contributed by atoms with E-state index in [0.29, 0.717) is 11.4 Å². The molecule has 0 saturated heterocycles. The van der Waals surface area contributed by atoms with Crippen molar-refractivity contribution in [2.24, 2.45) is 0 Å². The maximum Gasteiger partial charge on any atom is 0.145 e. The monoisotopic (exact) mass is 341 g/mol. The highest BCUT2D eigenvalue weighted by Crippen LogP contribution is 2.27. The van der Waals surface area contributed by atoms with E-state index in [2.05, 4.69) is 17.2 Å². The molecule has 3 aromatic rings. The molecule has 1 heterocycles. The largest absolute Gasteiger partial charge is 0.497 e. The van der Waals surface area contributed by atoms with Crippen molar-refractivity contribution < 1.29 is 4.74 Å². The standard InChI is InChI=1S/C20H15N5O/c1-26-17-9-5-6-14(11-17)10-15(12-21)19-18(13-22)20(23)25(24-19)16-7-3-2-4-8-16/h2-11H,23H2,1H3. The van der Waals surface area contributed by atoms with Crippen LogP contribution in [-0.4, -0.2) is 16.9 Å². The molecular formula is C20H15N5O. The van der Waals surface area contributed by atoms with Crippen molar-refractivity contribution in [3.8, 4) is 23.6 Å². The fraction of sp³-hybridized carbons (Fsp3) is 0.0500. The predicted octanol–water partition coefficient (Wildman–Crippen LogP) is 3.40. The first-order chi connectivity index (χ1) is 12.7. The topological polar surface area (TPSA) is 101 Å². The number of hydrogen-bond donors (Lipinski definition) is 1. The Morgan fingerprint density at radius 2 is 1.92 bits per heavy atom. The van der Waals surface area contributed by atoms with Gasteiger partial charge in [-0.25, -0.2) is 4.68 Å². The van der Waals surface area contributed by atoms with Crippen LogP contribution in [0, 0.1) is 22.7 Å².